The first-order chi connectivity index (χ1) is 9.97. The standard InChI is InChI=1S/C16H23NO3S/c1-21(19,20)15-10-4-9-14(12-15)16(18)17-11-5-8-13-6-2-3-7-13/h4,9-10,12-13H,2-3,5-8,11H2,1H3,(H,17,18). The highest BCUT2D eigenvalue weighted by Gasteiger charge is 2.15. The van der Waals surface area contributed by atoms with E-state index < -0.39 is 9.84 Å². The van der Waals surface area contributed by atoms with E-state index in [9.17, 15) is 13.2 Å². The minimum atomic E-state index is -3.28. The van der Waals surface area contributed by atoms with Gasteiger partial charge in [0, 0.05) is 18.4 Å². The van der Waals surface area contributed by atoms with E-state index in [0.29, 0.717) is 12.1 Å². The second kappa shape index (κ2) is 7.07. The molecule has 1 aromatic carbocycles. The van der Waals surface area contributed by atoms with Crippen LogP contribution >= 0.6 is 0 Å². The number of hydrogen-bond acceptors (Lipinski definition) is 3. The van der Waals surface area contributed by atoms with Crippen LogP contribution in [0.15, 0.2) is 29.2 Å². The molecule has 0 bridgehead atoms. The molecule has 1 amide bonds. The molecule has 1 saturated carbocycles. The molecule has 21 heavy (non-hydrogen) atoms. The Morgan fingerprint density at radius 3 is 2.67 bits per heavy atom. The smallest absolute Gasteiger partial charge is 0.251 e. The van der Waals surface area contributed by atoms with Crippen LogP contribution in [0, 0.1) is 5.92 Å². The van der Waals surface area contributed by atoms with Crippen LogP contribution < -0.4 is 5.32 Å². The Kier molecular flexibility index (Phi) is 5.39. The number of nitrogens with one attached hydrogen (secondary N) is 1. The van der Waals surface area contributed by atoms with Crippen molar-refractivity contribution in [1.82, 2.24) is 5.32 Å². The first-order valence-electron chi connectivity index (χ1n) is 7.55. The quantitative estimate of drug-likeness (QED) is 0.822. The van der Waals surface area contributed by atoms with E-state index in [0.717, 1.165) is 18.6 Å². The summed E-state index contributed by atoms with van der Waals surface area (Å²) in [6, 6.07) is 6.18. The lowest BCUT2D eigenvalue weighted by Crippen LogP contribution is -2.25. The Bertz CT molecular complexity index is 589. The van der Waals surface area contributed by atoms with Crippen molar-refractivity contribution in [2.24, 2.45) is 5.92 Å². The normalized spacial score (nSPS) is 16.0. The summed E-state index contributed by atoms with van der Waals surface area (Å²) in [4.78, 5) is 12.2. The van der Waals surface area contributed by atoms with Gasteiger partial charge in [-0.3, -0.25) is 4.79 Å². The molecule has 0 heterocycles. The summed E-state index contributed by atoms with van der Waals surface area (Å²) in [5, 5.41) is 2.87. The van der Waals surface area contributed by atoms with Crippen LogP contribution in [0.3, 0.4) is 0 Å². The Balaban J connectivity index is 1.82. The first-order valence-corrected chi connectivity index (χ1v) is 9.44. The van der Waals surface area contributed by atoms with Crippen molar-refractivity contribution in [3.63, 3.8) is 0 Å². The second-order valence-corrected chi connectivity index (χ2v) is 7.86. The zero-order chi connectivity index (χ0) is 15.3. The molecule has 1 N–H and O–H groups in total. The lowest BCUT2D eigenvalue weighted by Gasteiger charge is -2.09. The lowest BCUT2D eigenvalue weighted by atomic mass is 10.0. The van der Waals surface area contributed by atoms with E-state index in [1.54, 1.807) is 12.1 Å². The third kappa shape index (κ3) is 4.84. The van der Waals surface area contributed by atoms with Gasteiger partial charge in [0.15, 0.2) is 9.84 Å². The lowest BCUT2D eigenvalue weighted by molar-refractivity contribution is 0.0952. The summed E-state index contributed by atoms with van der Waals surface area (Å²) in [5.41, 5.74) is 0.402. The van der Waals surface area contributed by atoms with Gasteiger partial charge in [0.2, 0.25) is 0 Å². The van der Waals surface area contributed by atoms with Gasteiger partial charge in [-0.15, -0.1) is 0 Å². The molecule has 2 rings (SSSR count). The number of benzene rings is 1. The van der Waals surface area contributed by atoms with Crippen molar-refractivity contribution < 1.29 is 13.2 Å². The molecule has 0 aromatic heterocycles. The topological polar surface area (TPSA) is 63.2 Å². The zero-order valence-electron chi connectivity index (χ0n) is 12.5. The average molecular weight is 309 g/mol. The van der Waals surface area contributed by atoms with Gasteiger partial charge < -0.3 is 5.32 Å². The molecular weight excluding hydrogens is 286 g/mol. The van der Waals surface area contributed by atoms with Gasteiger partial charge in [-0.25, -0.2) is 8.42 Å². The van der Waals surface area contributed by atoms with Crippen LogP contribution in [0.1, 0.15) is 48.9 Å². The van der Waals surface area contributed by atoms with Crippen molar-refractivity contribution in [2.45, 2.75) is 43.4 Å². The molecule has 1 aliphatic carbocycles. The highest BCUT2D eigenvalue weighted by atomic mass is 32.2. The van der Waals surface area contributed by atoms with Gasteiger partial charge in [-0.2, -0.15) is 0 Å². The van der Waals surface area contributed by atoms with Crippen LogP contribution in [0.5, 0.6) is 0 Å². The molecule has 1 fully saturated rings. The van der Waals surface area contributed by atoms with Crippen LogP contribution in [-0.4, -0.2) is 27.1 Å². The Morgan fingerprint density at radius 2 is 2.00 bits per heavy atom. The van der Waals surface area contributed by atoms with E-state index in [1.165, 1.54) is 44.2 Å². The third-order valence-corrected chi connectivity index (χ3v) is 5.18. The maximum absolute atomic E-state index is 12.0. The van der Waals surface area contributed by atoms with Gasteiger partial charge >= 0.3 is 0 Å². The highest BCUT2D eigenvalue weighted by Crippen LogP contribution is 2.28. The van der Waals surface area contributed by atoms with Crippen LogP contribution in [0.2, 0.25) is 0 Å². The predicted molar refractivity (Wildman–Crippen MR) is 83.1 cm³/mol. The second-order valence-electron chi connectivity index (χ2n) is 5.85. The molecule has 116 valence electrons. The van der Waals surface area contributed by atoms with Gasteiger partial charge in [0.1, 0.15) is 0 Å². The molecule has 0 aliphatic heterocycles. The molecule has 0 atom stereocenters. The minimum absolute atomic E-state index is 0.182. The molecule has 0 radical (unpaired) electrons. The van der Waals surface area contributed by atoms with Gasteiger partial charge in [0.25, 0.3) is 5.91 Å². The van der Waals surface area contributed by atoms with Crippen LogP contribution in [-0.2, 0) is 9.84 Å². The van der Waals surface area contributed by atoms with Gasteiger partial charge in [-0.1, -0.05) is 31.7 Å². The highest BCUT2D eigenvalue weighted by molar-refractivity contribution is 7.90. The summed E-state index contributed by atoms with van der Waals surface area (Å²) >= 11 is 0. The third-order valence-electron chi connectivity index (χ3n) is 4.07. The van der Waals surface area contributed by atoms with E-state index in [4.69, 9.17) is 0 Å². The molecular formula is C16H23NO3S. The van der Waals surface area contributed by atoms with Crippen LogP contribution in [0.25, 0.3) is 0 Å². The Hall–Kier alpha value is -1.36. The number of carbonyl (C=O) groups is 1. The van der Waals surface area contributed by atoms with E-state index >= 15 is 0 Å². The summed E-state index contributed by atoms with van der Waals surface area (Å²) in [5.74, 6) is 0.627. The summed E-state index contributed by atoms with van der Waals surface area (Å²) in [7, 11) is -3.28. The van der Waals surface area contributed by atoms with Crippen LogP contribution in [0.4, 0.5) is 0 Å². The summed E-state index contributed by atoms with van der Waals surface area (Å²) < 4.78 is 23.0. The maximum atomic E-state index is 12.0. The Labute approximate surface area is 126 Å². The molecule has 1 aliphatic rings. The van der Waals surface area contributed by atoms with E-state index in [-0.39, 0.29) is 10.8 Å². The number of carbonyl (C=O) groups excluding carboxylic acids is 1. The molecule has 0 saturated heterocycles. The molecule has 1 aromatic rings. The van der Waals surface area contributed by atoms with E-state index in [1.807, 2.05) is 0 Å². The van der Waals surface area contributed by atoms with Crippen molar-refractivity contribution in [1.29, 1.82) is 0 Å². The number of sulfone groups is 1. The fourth-order valence-electron chi connectivity index (χ4n) is 2.86. The fraction of sp³-hybridized carbons (Fsp3) is 0.562. The Morgan fingerprint density at radius 1 is 1.29 bits per heavy atom. The predicted octanol–water partition coefficient (Wildman–Crippen LogP) is 2.79. The molecule has 5 heteroatoms. The largest absolute Gasteiger partial charge is 0.352 e. The number of hydrogen-bond donors (Lipinski definition) is 1. The van der Waals surface area contributed by atoms with Crippen molar-refractivity contribution in [2.75, 3.05) is 12.8 Å². The maximum Gasteiger partial charge on any atom is 0.251 e. The van der Waals surface area contributed by atoms with Crippen molar-refractivity contribution in [3.8, 4) is 0 Å². The fourth-order valence-corrected chi connectivity index (χ4v) is 3.53. The number of amides is 1. The average Bonchev–Trinajstić information content (AvgIpc) is 2.96. The SMILES string of the molecule is CS(=O)(=O)c1cccc(C(=O)NCCCC2CCCC2)c1. The molecule has 0 unspecified atom stereocenters. The summed E-state index contributed by atoms with van der Waals surface area (Å²) in [6.07, 6.45) is 8.64. The van der Waals surface area contributed by atoms with Crippen molar-refractivity contribution in [3.05, 3.63) is 29.8 Å². The minimum Gasteiger partial charge on any atom is -0.352 e. The number of rotatable bonds is 6. The molecule has 0 spiro atoms. The zero-order valence-corrected chi connectivity index (χ0v) is 13.3. The van der Waals surface area contributed by atoms with Crippen molar-refractivity contribution >= 4 is 15.7 Å². The van der Waals surface area contributed by atoms with E-state index in [2.05, 4.69) is 5.32 Å². The van der Waals surface area contributed by atoms with Gasteiger partial charge in [0.05, 0.1) is 4.90 Å². The first kappa shape index (κ1) is 16.0. The van der Waals surface area contributed by atoms with Gasteiger partial charge in [-0.05, 0) is 37.0 Å². The molecule has 4 nitrogen and oxygen atoms in total. The monoisotopic (exact) mass is 309 g/mol. The summed E-state index contributed by atoms with van der Waals surface area (Å²) in [6.45, 7) is 0.651.